The van der Waals surface area contributed by atoms with E-state index in [0.29, 0.717) is 32.7 Å². The van der Waals surface area contributed by atoms with E-state index in [4.69, 9.17) is 16.3 Å². The molecule has 0 radical (unpaired) electrons. The number of ether oxygens (including phenoxy) is 1. The molecule has 7 rings (SSSR count). The lowest BCUT2D eigenvalue weighted by Crippen LogP contribution is -2.53. The van der Waals surface area contributed by atoms with Crippen molar-refractivity contribution in [1.82, 2.24) is 5.32 Å². The molecule has 6 unspecified atom stereocenters. The van der Waals surface area contributed by atoms with Crippen LogP contribution in [0.3, 0.4) is 0 Å². The van der Waals surface area contributed by atoms with Gasteiger partial charge in [-0.2, -0.15) is 0 Å². The first-order chi connectivity index (χ1) is 20.7. The van der Waals surface area contributed by atoms with Gasteiger partial charge in [-0.25, -0.2) is 4.90 Å². The zero-order valence-electron chi connectivity index (χ0n) is 22.9. The number of hydrogen-bond donors (Lipinski definition) is 2. The molecular weight excluding hydrogens is 636 g/mol. The maximum atomic E-state index is 15.1. The average molecular weight is 662 g/mol. The van der Waals surface area contributed by atoms with Crippen LogP contribution in [0.1, 0.15) is 29.9 Å². The number of methoxy groups -OCH3 is 1. The quantitative estimate of drug-likeness (QED) is 0.291. The highest BCUT2D eigenvalue weighted by Crippen LogP contribution is 2.64. The number of anilines is 1. The Labute approximate surface area is 260 Å². The van der Waals surface area contributed by atoms with Gasteiger partial charge in [0.15, 0.2) is 11.5 Å². The smallest absolute Gasteiger partial charge is 0.246 e. The molecule has 6 atom stereocenters. The SMILES string of the molecule is COc1cc(C2C3=CCC4C(=O)NC(=O)C4C3CC3C(=O)N(c4cccc(Cl)c4)C(=O)C32c2ccccc2)cc(Br)c1O. The minimum Gasteiger partial charge on any atom is -0.503 e. The molecule has 0 bridgehead atoms. The minimum atomic E-state index is -1.41. The Hall–Kier alpha value is -3.95. The van der Waals surface area contributed by atoms with Crippen molar-refractivity contribution in [3.63, 3.8) is 0 Å². The van der Waals surface area contributed by atoms with Crippen molar-refractivity contribution in [2.45, 2.75) is 24.2 Å². The molecule has 0 spiro atoms. The minimum absolute atomic E-state index is 0.100. The first kappa shape index (κ1) is 27.9. The topological polar surface area (TPSA) is 113 Å². The zero-order valence-corrected chi connectivity index (χ0v) is 25.3. The molecule has 2 saturated heterocycles. The number of nitrogens with zero attached hydrogens (tertiary/aromatic N) is 1. The Morgan fingerprint density at radius 1 is 1.00 bits per heavy atom. The van der Waals surface area contributed by atoms with Crippen molar-refractivity contribution in [2.75, 3.05) is 12.0 Å². The summed E-state index contributed by atoms with van der Waals surface area (Å²) in [4.78, 5) is 56.9. The monoisotopic (exact) mass is 660 g/mol. The number of fused-ring (bicyclic) bond motifs is 4. The number of benzene rings is 3. The molecule has 43 heavy (non-hydrogen) atoms. The van der Waals surface area contributed by atoms with E-state index in [-0.39, 0.29) is 29.7 Å². The summed E-state index contributed by atoms with van der Waals surface area (Å²) in [5.74, 6) is -4.63. The highest BCUT2D eigenvalue weighted by atomic mass is 79.9. The van der Waals surface area contributed by atoms with Gasteiger partial charge in [0.1, 0.15) is 0 Å². The fourth-order valence-electron chi connectivity index (χ4n) is 7.95. The van der Waals surface area contributed by atoms with Crippen LogP contribution >= 0.6 is 27.5 Å². The van der Waals surface area contributed by atoms with Crippen LogP contribution in [0.4, 0.5) is 5.69 Å². The molecule has 3 aromatic carbocycles. The molecule has 2 aliphatic heterocycles. The summed E-state index contributed by atoms with van der Waals surface area (Å²) in [6, 6.07) is 19.3. The van der Waals surface area contributed by atoms with Crippen LogP contribution in [0.25, 0.3) is 0 Å². The number of rotatable bonds is 4. The van der Waals surface area contributed by atoms with Gasteiger partial charge in [0.05, 0.1) is 40.4 Å². The van der Waals surface area contributed by atoms with Gasteiger partial charge in [0.2, 0.25) is 23.6 Å². The largest absolute Gasteiger partial charge is 0.503 e. The van der Waals surface area contributed by atoms with Gasteiger partial charge in [-0.05, 0) is 76.1 Å². The molecule has 1 saturated carbocycles. The maximum Gasteiger partial charge on any atom is 0.246 e. The fourth-order valence-corrected chi connectivity index (χ4v) is 8.59. The van der Waals surface area contributed by atoms with Crippen LogP contribution < -0.4 is 15.0 Å². The van der Waals surface area contributed by atoms with E-state index in [1.54, 1.807) is 36.4 Å². The zero-order chi connectivity index (χ0) is 30.2. The van der Waals surface area contributed by atoms with Gasteiger partial charge in [0.25, 0.3) is 0 Å². The number of amides is 4. The summed E-state index contributed by atoms with van der Waals surface area (Å²) in [6.07, 6.45) is 2.51. The molecule has 2 aliphatic carbocycles. The second kappa shape index (κ2) is 10.1. The Morgan fingerprint density at radius 2 is 1.77 bits per heavy atom. The molecule has 3 aromatic rings. The van der Waals surface area contributed by atoms with Gasteiger partial charge in [0, 0.05) is 10.9 Å². The van der Waals surface area contributed by atoms with Crippen molar-refractivity contribution in [3.8, 4) is 11.5 Å². The third-order valence-corrected chi connectivity index (χ3v) is 10.5. The lowest BCUT2D eigenvalue weighted by atomic mass is 9.49. The lowest BCUT2D eigenvalue weighted by molar-refractivity contribution is -0.128. The molecule has 4 aliphatic rings. The van der Waals surface area contributed by atoms with Crippen molar-refractivity contribution in [3.05, 3.63) is 99.0 Å². The van der Waals surface area contributed by atoms with E-state index in [2.05, 4.69) is 21.2 Å². The van der Waals surface area contributed by atoms with E-state index in [9.17, 15) is 19.5 Å². The summed E-state index contributed by atoms with van der Waals surface area (Å²) in [5, 5.41) is 13.6. The number of hydrogen-bond acceptors (Lipinski definition) is 6. The van der Waals surface area contributed by atoms with Crippen LogP contribution in [0.15, 0.2) is 82.9 Å². The molecule has 2 N–H and O–H groups in total. The first-order valence-electron chi connectivity index (χ1n) is 14.0. The number of phenols is 1. The van der Waals surface area contributed by atoms with E-state index in [1.807, 2.05) is 36.4 Å². The van der Waals surface area contributed by atoms with E-state index in [1.165, 1.54) is 12.0 Å². The number of allylic oxidation sites excluding steroid dienone is 2. The maximum absolute atomic E-state index is 15.1. The highest BCUT2D eigenvalue weighted by Gasteiger charge is 2.69. The summed E-state index contributed by atoms with van der Waals surface area (Å²) >= 11 is 9.78. The molecule has 10 heteroatoms. The van der Waals surface area contributed by atoms with Crippen LogP contribution in [0.5, 0.6) is 11.5 Å². The second-order valence-corrected chi connectivity index (χ2v) is 12.8. The first-order valence-corrected chi connectivity index (χ1v) is 15.2. The van der Waals surface area contributed by atoms with Crippen molar-refractivity contribution in [2.24, 2.45) is 23.7 Å². The van der Waals surface area contributed by atoms with Crippen LogP contribution in [-0.4, -0.2) is 35.8 Å². The summed E-state index contributed by atoms with van der Waals surface area (Å²) in [5.41, 5.74) is 1.06. The number of carbonyl (C=O) groups is 4. The molecule has 0 aromatic heterocycles. The van der Waals surface area contributed by atoms with Crippen molar-refractivity contribution < 1.29 is 29.0 Å². The molecule has 2 heterocycles. The van der Waals surface area contributed by atoms with Crippen LogP contribution in [0.2, 0.25) is 5.02 Å². The van der Waals surface area contributed by atoms with Crippen LogP contribution in [-0.2, 0) is 24.6 Å². The third-order valence-electron chi connectivity index (χ3n) is 9.61. The van der Waals surface area contributed by atoms with E-state index in [0.717, 1.165) is 5.57 Å². The predicted octanol–water partition coefficient (Wildman–Crippen LogP) is 5.27. The number of phenolic OH excluding ortho intramolecular Hbond substituents is 1. The number of aromatic hydroxyl groups is 1. The fraction of sp³-hybridized carbons (Fsp3) is 0.273. The Morgan fingerprint density at radius 3 is 2.49 bits per heavy atom. The summed E-state index contributed by atoms with van der Waals surface area (Å²) in [7, 11) is 1.44. The predicted molar refractivity (Wildman–Crippen MR) is 162 cm³/mol. The number of imide groups is 2. The highest BCUT2D eigenvalue weighted by molar-refractivity contribution is 9.10. The van der Waals surface area contributed by atoms with Crippen molar-refractivity contribution >= 4 is 56.8 Å². The number of carbonyl (C=O) groups excluding carboxylic acids is 4. The van der Waals surface area contributed by atoms with Gasteiger partial charge in [-0.15, -0.1) is 0 Å². The number of halogens is 2. The Bertz CT molecular complexity index is 1760. The van der Waals surface area contributed by atoms with Crippen molar-refractivity contribution in [1.29, 1.82) is 0 Å². The second-order valence-electron chi connectivity index (χ2n) is 11.5. The van der Waals surface area contributed by atoms with Gasteiger partial charge in [-0.1, -0.05) is 59.6 Å². The van der Waals surface area contributed by atoms with Gasteiger partial charge < -0.3 is 9.84 Å². The molecule has 8 nitrogen and oxygen atoms in total. The van der Waals surface area contributed by atoms with Gasteiger partial charge in [-0.3, -0.25) is 24.5 Å². The molecule has 3 fully saturated rings. The molecule has 218 valence electrons. The molecule has 4 amide bonds. The standard InChI is InChI=1S/C33H26BrClN2O6/c1-43-25-13-16(12-24(34)28(25)38)27-20-10-11-21-26(30(40)36-29(21)39)22(20)15-23-31(41)37(19-9-5-8-18(35)14-19)32(42)33(23,27)17-6-3-2-4-7-17/h2-10,12-14,21-23,26-27,38H,11,15H2,1H3,(H,36,39,40). The lowest BCUT2D eigenvalue weighted by Gasteiger charge is -2.50. The van der Waals surface area contributed by atoms with E-state index >= 15 is 4.79 Å². The molecular formula is C33H26BrClN2O6. The number of nitrogens with one attached hydrogen (secondary N) is 1. The summed E-state index contributed by atoms with van der Waals surface area (Å²) in [6.45, 7) is 0. The normalized spacial score (nSPS) is 29.5. The Balaban J connectivity index is 1.54. The van der Waals surface area contributed by atoms with Crippen LogP contribution in [0, 0.1) is 23.7 Å². The third kappa shape index (κ3) is 3.87. The summed E-state index contributed by atoms with van der Waals surface area (Å²) < 4.78 is 5.87. The Kier molecular flexibility index (Phi) is 6.52. The van der Waals surface area contributed by atoms with Gasteiger partial charge >= 0.3 is 0 Å². The van der Waals surface area contributed by atoms with E-state index < -0.39 is 46.8 Å². The average Bonchev–Trinajstić information content (AvgIpc) is 3.42.